The number of hydrogen-bond donors (Lipinski definition) is 2. The second-order valence-corrected chi connectivity index (χ2v) is 8.44. The molecule has 0 saturated carbocycles. The molecular formula is C16H25N5O6S. The first-order valence-electron chi connectivity index (χ1n) is 8.71. The lowest BCUT2D eigenvalue weighted by atomic mass is 10.3. The fourth-order valence-corrected chi connectivity index (χ4v) is 4.34. The first-order chi connectivity index (χ1) is 13.1. The van der Waals surface area contributed by atoms with Gasteiger partial charge in [0.25, 0.3) is 10.0 Å². The Morgan fingerprint density at radius 2 is 1.86 bits per heavy atom. The van der Waals surface area contributed by atoms with E-state index in [0.29, 0.717) is 23.3 Å². The lowest BCUT2D eigenvalue weighted by Crippen LogP contribution is -2.45. The highest BCUT2D eigenvalue weighted by Gasteiger charge is 2.32. The number of carboxylic acid groups (broad SMARTS) is 2. The smallest absolute Gasteiger partial charge is 0.353 e. The SMILES string of the molecule is CN1CCN(CCCN(/C(=C\C(=O)O)C(=O)O)S(=O)(=O)c2cn(C)cn2)CC1. The van der Waals surface area contributed by atoms with Gasteiger partial charge in [-0.05, 0) is 20.0 Å². The predicted octanol–water partition coefficient (Wildman–Crippen LogP) is -0.899. The minimum absolute atomic E-state index is 0.170. The van der Waals surface area contributed by atoms with E-state index < -0.39 is 27.7 Å². The molecule has 1 aromatic heterocycles. The molecule has 0 radical (unpaired) electrons. The Morgan fingerprint density at radius 1 is 1.21 bits per heavy atom. The van der Waals surface area contributed by atoms with Crippen LogP contribution in [-0.4, -0.2) is 101 Å². The third-order valence-corrected chi connectivity index (χ3v) is 6.11. The quantitative estimate of drug-likeness (QED) is 0.492. The molecular weight excluding hydrogens is 390 g/mol. The van der Waals surface area contributed by atoms with Gasteiger partial charge in [0.1, 0.15) is 5.70 Å². The van der Waals surface area contributed by atoms with Crippen molar-refractivity contribution in [1.29, 1.82) is 0 Å². The average molecular weight is 415 g/mol. The van der Waals surface area contributed by atoms with Crippen LogP contribution in [0.3, 0.4) is 0 Å². The van der Waals surface area contributed by atoms with Crippen molar-refractivity contribution in [3.63, 3.8) is 0 Å². The topological polar surface area (TPSA) is 136 Å². The third kappa shape index (κ3) is 5.53. The minimum Gasteiger partial charge on any atom is -0.478 e. The van der Waals surface area contributed by atoms with Gasteiger partial charge in [0.15, 0.2) is 5.03 Å². The number of rotatable bonds is 9. The summed E-state index contributed by atoms with van der Waals surface area (Å²) in [4.78, 5) is 30.8. The van der Waals surface area contributed by atoms with Gasteiger partial charge in [-0.1, -0.05) is 0 Å². The van der Waals surface area contributed by atoms with E-state index in [9.17, 15) is 23.1 Å². The Labute approximate surface area is 163 Å². The molecule has 1 aliphatic rings. The molecule has 11 nitrogen and oxygen atoms in total. The van der Waals surface area contributed by atoms with Gasteiger partial charge in [-0.25, -0.2) is 14.6 Å². The second-order valence-electron chi connectivity index (χ2n) is 6.63. The highest BCUT2D eigenvalue weighted by Crippen LogP contribution is 2.20. The molecule has 1 saturated heterocycles. The van der Waals surface area contributed by atoms with Crippen LogP contribution in [0.15, 0.2) is 29.3 Å². The van der Waals surface area contributed by atoms with Gasteiger partial charge in [0, 0.05) is 46.0 Å². The molecule has 28 heavy (non-hydrogen) atoms. The number of aryl methyl sites for hydroxylation is 1. The minimum atomic E-state index is -4.32. The zero-order chi connectivity index (χ0) is 20.9. The molecule has 2 heterocycles. The normalized spacial score (nSPS) is 16.9. The highest BCUT2D eigenvalue weighted by molar-refractivity contribution is 7.89. The van der Waals surface area contributed by atoms with Crippen molar-refractivity contribution in [3.8, 4) is 0 Å². The van der Waals surface area contributed by atoms with Crippen molar-refractivity contribution >= 4 is 22.0 Å². The summed E-state index contributed by atoms with van der Waals surface area (Å²) in [6, 6.07) is 0. The molecule has 0 spiro atoms. The molecule has 2 rings (SSSR count). The number of hydrogen-bond acceptors (Lipinski definition) is 7. The Balaban J connectivity index is 2.23. The van der Waals surface area contributed by atoms with Crippen LogP contribution in [0.1, 0.15) is 6.42 Å². The molecule has 0 aromatic carbocycles. The van der Waals surface area contributed by atoms with E-state index in [4.69, 9.17) is 5.11 Å². The molecule has 0 unspecified atom stereocenters. The van der Waals surface area contributed by atoms with E-state index in [1.54, 1.807) is 7.05 Å². The van der Waals surface area contributed by atoms with Gasteiger partial charge in [-0.2, -0.15) is 8.42 Å². The summed E-state index contributed by atoms with van der Waals surface area (Å²) in [7, 11) is -0.719. The second kappa shape index (κ2) is 9.17. The van der Waals surface area contributed by atoms with Crippen molar-refractivity contribution in [2.75, 3.05) is 46.3 Å². The Morgan fingerprint density at radius 3 is 2.36 bits per heavy atom. The summed E-state index contributed by atoms with van der Waals surface area (Å²) < 4.78 is 27.9. The Hall–Kier alpha value is -2.44. The number of imidazole rings is 1. The molecule has 0 bridgehead atoms. The number of likely N-dealkylation sites (N-methyl/N-ethyl adjacent to an activating group) is 1. The zero-order valence-electron chi connectivity index (χ0n) is 15.9. The maximum absolute atomic E-state index is 12.9. The molecule has 0 atom stereocenters. The van der Waals surface area contributed by atoms with Crippen molar-refractivity contribution in [2.24, 2.45) is 7.05 Å². The molecule has 2 N–H and O–H groups in total. The predicted molar refractivity (Wildman–Crippen MR) is 99.0 cm³/mol. The Kier molecular flexibility index (Phi) is 7.16. The largest absolute Gasteiger partial charge is 0.478 e. The number of carboxylic acids is 2. The fourth-order valence-electron chi connectivity index (χ4n) is 2.87. The van der Waals surface area contributed by atoms with Crippen LogP contribution in [0.2, 0.25) is 0 Å². The van der Waals surface area contributed by atoms with Crippen molar-refractivity contribution in [2.45, 2.75) is 11.4 Å². The van der Waals surface area contributed by atoms with Crippen LogP contribution in [0.25, 0.3) is 0 Å². The van der Waals surface area contributed by atoms with Crippen molar-refractivity contribution in [3.05, 3.63) is 24.3 Å². The van der Waals surface area contributed by atoms with Gasteiger partial charge >= 0.3 is 11.9 Å². The summed E-state index contributed by atoms with van der Waals surface area (Å²) in [5.41, 5.74) is -0.823. The maximum atomic E-state index is 12.9. The van der Waals surface area contributed by atoms with Crippen LogP contribution in [0.5, 0.6) is 0 Å². The first kappa shape index (κ1) is 21.9. The van der Waals surface area contributed by atoms with E-state index in [2.05, 4.69) is 14.8 Å². The van der Waals surface area contributed by atoms with Crippen LogP contribution >= 0.6 is 0 Å². The number of sulfonamides is 1. The molecule has 1 fully saturated rings. The summed E-state index contributed by atoms with van der Waals surface area (Å²) in [6.07, 6.45) is 3.25. The van der Waals surface area contributed by atoms with E-state index in [-0.39, 0.29) is 11.6 Å². The molecule has 12 heteroatoms. The van der Waals surface area contributed by atoms with Gasteiger partial charge in [-0.3, -0.25) is 4.31 Å². The van der Waals surface area contributed by atoms with E-state index in [1.165, 1.54) is 17.1 Å². The molecule has 0 aliphatic carbocycles. The number of carbonyl (C=O) groups is 2. The molecule has 1 aliphatic heterocycles. The summed E-state index contributed by atoms with van der Waals surface area (Å²) >= 11 is 0. The zero-order valence-corrected chi connectivity index (χ0v) is 16.7. The van der Waals surface area contributed by atoms with Crippen LogP contribution < -0.4 is 0 Å². The van der Waals surface area contributed by atoms with E-state index >= 15 is 0 Å². The highest BCUT2D eigenvalue weighted by atomic mass is 32.2. The molecule has 0 amide bonds. The van der Waals surface area contributed by atoms with Crippen molar-refractivity contribution in [1.82, 2.24) is 23.7 Å². The average Bonchev–Trinajstić information content (AvgIpc) is 3.05. The third-order valence-electron chi connectivity index (χ3n) is 4.42. The van der Waals surface area contributed by atoms with E-state index in [1.807, 2.05) is 7.05 Å². The van der Waals surface area contributed by atoms with Gasteiger partial charge in [-0.15, -0.1) is 0 Å². The van der Waals surface area contributed by atoms with Gasteiger partial charge in [0.2, 0.25) is 0 Å². The fraction of sp³-hybridized carbons (Fsp3) is 0.562. The van der Waals surface area contributed by atoms with E-state index in [0.717, 1.165) is 26.2 Å². The van der Waals surface area contributed by atoms with Crippen LogP contribution in [0.4, 0.5) is 0 Å². The van der Waals surface area contributed by atoms with Crippen LogP contribution in [0, 0.1) is 0 Å². The number of nitrogens with zero attached hydrogens (tertiary/aromatic N) is 5. The number of piperazine rings is 1. The number of aromatic nitrogens is 2. The van der Waals surface area contributed by atoms with Gasteiger partial charge in [0.05, 0.1) is 12.4 Å². The monoisotopic (exact) mass is 415 g/mol. The summed E-state index contributed by atoms with van der Waals surface area (Å²) in [5, 5.41) is 18.0. The Bertz CT molecular complexity index is 841. The van der Waals surface area contributed by atoms with Crippen LogP contribution in [-0.2, 0) is 26.7 Å². The summed E-state index contributed by atoms with van der Waals surface area (Å²) in [6.45, 7) is 3.86. The van der Waals surface area contributed by atoms with Crippen molar-refractivity contribution < 1.29 is 28.2 Å². The number of aliphatic carboxylic acids is 2. The lowest BCUT2D eigenvalue weighted by Gasteiger charge is -2.33. The molecule has 1 aromatic rings. The van der Waals surface area contributed by atoms with Gasteiger partial charge < -0.3 is 24.6 Å². The first-order valence-corrected chi connectivity index (χ1v) is 10.1. The standard InChI is InChI=1S/C16H25N5O6S/c1-18-6-8-20(9-7-18)4-3-5-21(13(16(24)25)10-15(22)23)28(26,27)14-11-19(2)12-17-14/h10-12H,3-9H2,1-2H3,(H,22,23)(H,24,25)/b13-10-. The summed E-state index contributed by atoms with van der Waals surface area (Å²) in [5.74, 6) is -3.18. The lowest BCUT2D eigenvalue weighted by molar-refractivity contribution is -0.136. The molecule has 156 valence electrons. The maximum Gasteiger partial charge on any atom is 0.353 e.